The van der Waals surface area contributed by atoms with Crippen molar-refractivity contribution in [3.63, 3.8) is 0 Å². The van der Waals surface area contributed by atoms with Crippen LogP contribution in [0.4, 0.5) is 4.39 Å². The Labute approximate surface area is 129 Å². The zero-order valence-corrected chi connectivity index (χ0v) is 13.0. The predicted octanol–water partition coefficient (Wildman–Crippen LogP) is 0.659. The number of fused-ring (bicyclic) bond motifs is 1. The van der Waals surface area contributed by atoms with Crippen molar-refractivity contribution in [2.75, 3.05) is 24.7 Å². The molecule has 0 radical (unpaired) electrons. The molecule has 22 heavy (non-hydrogen) atoms. The van der Waals surface area contributed by atoms with E-state index in [1.807, 2.05) is 0 Å². The highest BCUT2D eigenvalue weighted by molar-refractivity contribution is 7.91. The van der Waals surface area contributed by atoms with Crippen molar-refractivity contribution < 1.29 is 22.7 Å². The zero-order chi connectivity index (χ0) is 15.8. The second-order valence-electron chi connectivity index (χ2n) is 6.22. The molecule has 0 saturated carbocycles. The number of rotatable bonds is 3. The van der Waals surface area contributed by atoms with Gasteiger partial charge in [0, 0.05) is 18.7 Å². The molecular weight excluding hydrogens is 309 g/mol. The fraction of sp³-hybridized carbons (Fsp3) is 0.600. The summed E-state index contributed by atoms with van der Waals surface area (Å²) >= 11 is 0. The minimum absolute atomic E-state index is 0.0283. The average Bonchev–Trinajstić information content (AvgIpc) is 2.49. The van der Waals surface area contributed by atoms with E-state index in [0.717, 1.165) is 5.56 Å². The first-order valence-electron chi connectivity index (χ1n) is 7.43. The third-order valence-corrected chi connectivity index (χ3v) is 6.06. The molecule has 1 aromatic rings. The molecule has 1 atom stereocenters. The standard InChI is InChI=1S/C15H20FNO4S/c16-12-2-1-11-7-13(9-21-14(11)8-12)17-10-15(18)3-5-22(19,20)6-4-15/h1-2,8,13,17-18H,3-7,9-10H2. The Morgan fingerprint density at radius 2 is 2.09 bits per heavy atom. The summed E-state index contributed by atoms with van der Waals surface area (Å²) in [5, 5.41) is 13.7. The molecule has 0 bridgehead atoms. The maximum Gasteiger partial charge on any atom is 0.150 e. The van der Waals surface area contributed by atoms with Crippen molar-refractivity contribution in [1.82, 2.24) is 5.32 Å². The molecule has 7 heteroatoms. The van der Waals surface area contributed by atoms with Gasteiger partial charge in [-0.25, -0.2) is 12.8 Å². The number of hydrogen-bond acceptors (Lipinski definition) is 5. The SMILES string of the molecule is O=S1(=O)CCC(O)(CNC2COc3cc(F)ccc3C2)CC1. The molecule has 1 aromatic carbocycles. The summed E-state index contributed by atoms with van der Waals surface area (Å²) in [4.78, 5) is 0. The van der Waals surface area contributed by atoms with Crippen LogP contribution < -0.4 is 10.1 Å². The lowest BCUT2D eigenvalue weighted by atomic mass is 9.95. The first-order chi connectivity index (χ1) is 10.4. The highest BCUT2D eigenvalue weighted by atomic mass is 32.2. The second-order valence-corrected chi connectivity index (χ2v) is 8.52. The fourth-order valence-corrected chi connectivity index (χ4v) is 4.49. The molecule has 1 unspecified atom stereocenters. The van der Waals surface area contributed by atoms with Gasteiger partial charge in [0.05, 0.1) is 17.1 Å². The van der Waals surface area contributed by atoms with E-state index in [9.17, 15) is 17.9 Å². The van der Waals surface area contributed by atoms with Crippen LogP contribution >= 0.6 is 0 Å². The third kappa shape index (κ3) is 3.59. The number of nitrogens with one attached hydrogen (secondary N) is 1. The summed E-state index contributed by atoms with van der Waals surface area (Å²) in [5.74, 6) is 0.325. The lowest BCUT2D eigenvalue weighted by molar-refractivity contribution is 0.0257. The van der Waals surface area contributed by atoms with Crippen molar-refractivity contribution in [2.24, 2.45) is 0 Å². The molecule has 0 aliphatic carbocycles. The van der Waals surface area contributed by atoms with E-state index in [0.29, 0.717) is 25.3 Å². The van der Waals surface area contributed by atoms with Crippen LogP contribution in [0.25, 0.3) is 0 Å². The van der Waals surface area contributed by atoms with Gasteiger partial charge in [0.25, 0.3) is 0 Å². The van der Waals surface area contributed by atoms with Crippen LogP contribution in [0.3, 0.4) is 0 Å². The Morgan fingerprint density at radius 1 is 1.36 bits per heavy atom. The normalized spacial score (nSPS) is 26.0. The van der Waals surface area contributed by atoms with Gasteiger partial charge in [-0.1, -0.05) is 6.07 Å². The summed E-state index contributed by atoms with van der Waals surface area (Å²) < 4.78 is 41.5. The number of hydrogen-bond donors (Lipinski definition) is 2. The van der Waals surface area contributed by atoms with Gasteiger partial charge in [0.1, 0.15) is 18.2 Å². The highest BCUT2D eigenvalue weighted by Gasteiger charge is 2.36. The number of halogens is 1. The number of benzene rings is 1. The second kappa shape index (κ2) is 5.79. The monoisotopic (exact) mass is 329 g/mol. The van der Waals surface area contributed by atoms with E-state index in [2.05, 4.69) is 5.32 Å². The van der Waals surface area contributed by atoms with Crippen molar-refractivity contribution in [2.45, 2.75) is 30.9 Å². The van der Waals surface area contributed by atoms with Crippen LogP contribution in [0.5, 0.6) is 5.75 Å². The molecule has 0 amide bonds. The van der Waals surface area contributed by atoms with E-state index in [1.54, 1.807) is 6.07 Å². The quantitative estimate of drug-likeness (QED) is 0.852. The number of aliphatic hydroxyl groups is 1. The van der Waals surface area contributed by atoms with Gasteiger partial charge in [-0.3, -0.25) is 0 Å². The van der Waals surface area contributed by atoms with Crippen LogP contribution in [-0.4, -0.2) is 49.8 Å². The van der Waals surface area contributed by atoms with Crippen LogP contribution in [0.15, 0.2) is 18.2 Å². The smallest absolute Gasteiger partial charge is 0.150 e. The third-order valence-electron chi connectivity index (χ3n) is 4.41. The Morgan fingerprint density at radius 3 is 2.82 bits per heavy atom. The van der Waals surface area contributed by atoms with Gasteiger partial charge in [-0.05, 0) is 30.9 Å². The minimum atomic E-state index is -2.99. The molecule has 0 aromatic heterocycles. The molecule has 0 spiro atoms. The minimum Gasteiger partial charge on any atom is -0.492 e. The average molecular weight is 329 g/mol. The first kappa shape index (κ1) is 15.7. The topological polar surface area (TPSA) is 75.6 Å². The lowest BCUT2D eigenvalue weighted by Gasteiger charge is -2.34. The molecule has 3 rings (SSSR count). The molecule has 2 N–H and O–H groups in total. The maximum absolute atomic E-state index is 13.1. The van der Waals surface area contributed by atoms with Crippen LogP contribution in [0.2, 0.25) is 0 Å². The Kier molecular flexibility index (Phi) is 4.13. The maximum atomic E-state index is 13.1. The van der Waals surface area contributed by atoms with Crippen LogP contribution in [0.1, 0.15) is 18.4 Å². The van der Waals surface area contributed by atoms with Gasteiger partial charge in [0.2, 0.25) is 0 Å². The van der Waals surface area contributed by atoms with Gasteiger partial charge < -0.3 is 15.2 Å². The zero-order valence-electron chi connectivity index (χ0n) is 12.2. The Hall–Kier alpha value is -1.18. The van der Waals surface area contributed by atoms with E-state index in [1.165, 1.54) is 12.1 Å². The van der Waals surface area contributed by atoms with Crippen LogP contribution in [-0.2, 0) is 16.3 Å². The molecule has 2 heterocycles. The molecule has 1 fully saturated rings. The molecular formula is C15H20FNO4S. The van der Waals surface area contributed by atoms with Crippen molar-refractivity contribution >= 4 is 9.84 Å². The summed E-state index contributed by atoms with van der Waals surface area (Å²) in [6.07, 6.45) is 1.22. The summed E-state index contributed by atoms with van der Waals surface area (Å²) in [5.41, 5.74) is -0.0441. The van der Waals surface area contributed by atoms with Crippen molar-refractivity contribution in [3.05, 3.63) is 29.6 Å². The van der Waals surface area contributed by atoms with E-state index < -0.39 is 15.4 Å². The molecule has 1 saturated heterocycles. The largest absolute Gasteiger partial charge is 0.492 e. The van der Waals surface area contributed by atoms with E-state index in [4.69, 9.17) is 4.74 Å². The molecule has 2 aliphatic heterocycles. The number of ether oxygens (including phenoxy) is 1. The van der Waals surface area contributed by atoms with Gasteiger partial charge in [0.15, 0.2) is 9.84 Å². The molecule has 122 valence electrons. The first-order valence-corrected chi connectivity index (χ1v) is 9.25. The Balaban J connectivity index is 1.56. The fourth-order valence-electron chi connectivity index (χ4n) is 2.91. The van der Waals surface area contributed by atoms with Crippen molar-refractivity contribution in [3.8, 4) is 5.75 Å². The van der Waals surface area contributed by atoms with Gasteiger partial charge >= 0.3 is 0 Å². The van der Waals surface area contributed by atoms with Crippen LogP contribution in [0, 0.1) is 5.82 Å². The highest BCUT2D eigenvalue weighted by Crippen LogP contribution is 2.27. The van der Waals surface area contributed by atoms with Crippen molar-refractivity contribution in [1.29, 1.82) is 0 Å². The summed E-state index contributed by atoms with van der Waals surface area (Å²) in [6, 6.07) is 4.52. The summed E-state index contributed by atoms with van der Waals surface area (Å²) in [7, 11) is -2.99. The molecule has 2 aliphatic rings. The molecule has 5 nitrogen and oxygen atoms in total. The lowest BCUT2D eigenvalue weighted by Crippen LogP contribution is -2.51. The van der Waals surface area contributed by atoms with E-state index >= 15 is 0 Å². The predicted molar refractivity (Wildman–Crippen MR) is 80.2 cm³/mol. The van der Waals surface area contributed by atoms with Gasteiger partial charge in [-0.15, -0.1) is 0 Å². The number of sulfone groups is 1. The van der Waals surface area contributed by atoms with Gasteiger partial charge in [-0.2, -0.15) is 0 Å². The Bertz CT molecular complexity index is 648. The summed E-state index contributed by atoms with van der Waals surface area (Å²) in [6.45, 7) is 0.748. The van der Waals surface area contributed by atoms with E-state index in [-0.39, 0.29) is 36.2 Å².